The molecule has 0 atom stereocenters. The Kier molecular flexibility index (Phi) is 5.71. The molecule has 0 saturated heterocycles. The Labute approximate surface area is 138 Å². The summed E-state index contributed by atoms with van der Waals surface area (Å²) < 4.78 is 39.2. The number of benzene rings is 1. The normalized spacial score (nSPS) is 15.5. The van der Waals surface area contributed by atoms with E-state index in [9.17, 15) is 18.4 Å². The second-order valence-electron chi connectivity index (χ2n) is 5.32. The molecule has 1 amide bonds. The number of methoxy groups -OCH3 is 1. The van der Waals surface area contributed by atoms with Crippen LogP contribution in [0.15, 0.2) is 18.2 Å². The maximum absolute atomic E-state index is 12.4. The number of alkyl halides is 2. The van der Waals surface area contributed by atoms with E-state index in [-0.39, 0.29) is 22.9 Å². The Morgan fingerprint density at radius 2 is 2.04 bits per heavy atom. The number of anilines is 1. The van der Waals surface area contributed by atoms with Gasteiger partial charge in [-0.05, 0) is 44.4 Å². The van der Waals surface area contributed by atoms with Gasteiger partial charge in [0.25, 0.3) is 5.91 Å². The summed E-state index contributed by atoms with van der Waals surface area (Å²) in [6.45, 7) is -0.869. The average molecular weight is 343 g/mol. The van der Waals surface area contributed by atoms with Crippen molar-refractivity contribution in [2.75, 3.05) is 19.0 Å². The van der Waals surface area contributed by atoms with Gasteiger partial charge < -0.3 is 19.5 Å². The van der Waals surface area contributed by atoms with Gasteiger partial charge in [-0.2, -0.15) is 8.78 Å². The van der Waals surface area contributed by atoms with E-state index in [1.165, 1.54) is 18.2 Å². The van der Waals surface area contributed by atoms with Crippen LogP contribution in [0, 0.1) is 0 Å². The van der Waals surface area contributed by atoms with E-state index < -0.39 is 18.2 Å². The molecule has 1 aromatic rings. The zero-order valence-electron chi connectivity index (χ0n) is 13.4. The van der Waals surface area contributed by atoms with Crippen molar-refractivity contribution in [2.45, 2.75) is 38.4 Å². The number of hydrogen-bond donors (Lipinski definition) is 1. The number of rotatable bonds is 7. The molecule has 1 fully saturated rings. The van der Waals surface area contributed by atoms with Gasteiger partial charge in [0.15, 0.2) is 0 Å². The predicted molar refractivity (Wildman–Crippen MR) is 81.3 cm³/mol. The molecule has 1 N–H and O–H groups in total. The Bertz CT molecular complexity index is 616. The summed E-state index contributed by atoms with van der Waals surface area (Å²) in [7, 11) is 1.12. The van der Waals surface area contributed by atoms with Crippen LogP contribution in [-0.2, 0) is 14.3 Å². The first-order chi connectivity index (χ1) is 11.4. The molecule has 0 unspecified atom stereocenters. The zero-order chi connectivity index (χ0) is 17.7. The van der Waals surface area contributed by atoms with Gasteiger partial charge in [-0.15, -0.1) is 0 Å². The van der Waals surface area contributed by atoms with Crippen LogP contribution in [-0.4, -0.2) is 37.8 Å². The summed E-state index contributed by atoms with van der Waals surface area (Å²) in [5.74, 6) is -1.49. The molecular weight excluding hydrogens is 324 g/mol. The van der Waals surface area contributed by atoms with Gasteiger partial charge in [0.2, 0.25) is 0 Å². The van der Waals surface area contributed by atoms with E-state index >= 15 is 0 Å². The molecule has 1 aromatic carbocycles. The molecule has 0 aliphatic heterocycles. The van der Waals surface area contributed by atoms with E-state index in [4.69, 9.17) is 4.74 Å². The summed E-state index contributed by atoms with van der Waals surface area (Å²) in [5, 5.41) is 2.65. The van der Waals surface area contributed by atoms with Crippen LogP contribution in [0.1, 0.15) is 36.5 Å². The Morgan fingerprint density at radius 1 is 1.33 bits per heavy atom. The molecule has 0 aromatic heterocycles. The largest absolute Gasteiger partial charge is 0.465 e. The Morgan fingerprint density at radius 3 is 2.54 bits per heavy atom. The molecule has 1 saturated carbocycles. The van der Waals surface area contributed by atoms with Gasteiger partial charge in [-0.25, -0.2) is 4.79 Å². The second-order valence-corrected chi connectivity index (χ2v) is 5.32. The second kappa shape index (κ2) is 7.57. The van der Waals surface area contributed by atoms with E-state index in [1.54, 1.807) is 6.92 Å². The fourth-order valence-electron chi connectivity index (χ4n) is 2.53. The molecule has 6 nitrogen and oxygen atoms in total. The SMILES string of the molecule is CCOC1(C(=O)Nc2ccc(OC(F)F)c(C(=O)OC)c2)CCC1. The molecule has 24 heavy (non-hydrogen) atoms. The number of halogens is 2. The molecular formula is C16H19F2NO5. The summed E-state index contributed by atoms with van der Waals surface area (Å²) in [5.41, 5.74) is -0.791. The lowest BCUT2D eigenvalue weighted by Crippen LogP contribution is -2.51. The number of amides is 1. The molecule has 1 aliphatic carbocycles. The first-order valence-corrected chi connectivity index (χ1v) is 7.54. The molecule has 1 aliphatic rings. The van der Waals surface area contributed by atoms with Crippen molar-refractivity contribution in [3.8, 4) is 5.75 Å². The number of nitrogens with one attached hydrogen (secondary N) is 1. The number of carbonyl (C=O) groups excluding carboxylic acids is 2. The van der Waals surface area contributed by atoms with Gasteiger partial charge in [-0.3, -0.25) is 4.79 Å². The third kappa shape index (κ3) is 3.81. The van der Waals surface area contributed by atoms with Crippen molar-refractivity contribution in [2.24, 2.45) is 0 Å². The van der Waals surface area contributed by atoms with Crippen molar-refractivity contribution in [3.63, 3.8) is 0 Å². The smallest absolute Gasteiger partial charge is 0.387 e. The summed E-state index contributed by atoms with van der Waals surface area (Å²) in [4.78, 5) is 24.2. The third-order valence-electron chi connectivity index (χ3n) is 3.85. The molecule has 2 rings (SSSR count). The van der Waals surface area contributed by atoms with Crippen LogP contribution >= 0.6 is 0 Å². The van der Waals surface area contributed by atoms with Crippen LogP contribution < -0.4 is 10.1 Å². The van der Waals surface area contributed by atoms with Gasteiger partial charge >= 0.3 is 12.6 Å². The topological polar surface area (TPSA) is 73.9 Å². The standard InChI is InChI=1S/C16H19F2NO5/c1-3-23-16(7-4-8-16)14(21)19-10-5-6-12(24-15(17)18)11(9-10)13(20)22-2/h5-6,9,15H,3-4,7-8H2,1-2H3,(H,19,21). The average Bonchev–Trinajstić information content (AvgIpc) is 2.50. The van der Waals surface area contributed by atoms with Crippen LogP contribution in [0.4, 0.5) is 14.5 Å². The predicted octanol–water partition coefficient (Wildman–Crippen LogP) is 2.97. The van der Waals surface area contributed by atoms with Gasteiger partial charge in [0.1, 0.15) is 16.9 Å². The van der Waals surface area contributed by atoms with E-state index in [0.29, 0.717) is 19.4 Å². The number of esters is 1. The highest BCUT2D eigenvalue weighted by Gasteiger charge is 2.45. The van der Waals surface area contributed by atoms with E-state index in [2.05, 4.69) is 14.8 Å². The highest BCUT2D eigenvalue weighted by molar-refractivity contribution is 6.00. The lowest BCUT2D eigenvalue weighted by molar-refractivity contribution is -0.153. The van der Waals surface area contributed by atoms with Crippen molar-refractivity contribution in [1.82, 2.24) is 0 Å². The fraction of sp³-hybridized carbons (Fsp3) is 0.500. The van der Waals surface area contributed by atoms with Crippen molar-refractivity contribution in [1.29, 1.82) is 0 Å². The Balaban J connectivity index is 2.21. The first-order valence-electron chi connectivity index (χ1n) is 7.54. The van der Waals surface area contributed by atoms with Crippen LogP contribution in [0.5, 0.6) is 5.75 Å². The monoisotopic (exact) mass is 343 g/mol. The van der Waals surface area contributed by atoms with Crippen LogP contribution in [0.3, 0.4) is 0 Å². The van der Waals surface area contributed by atoms with Crippen molar-refractivity contribution >= 4 is 17.6 Å². The Hall–Kier alpha value is -2.22. The van der Waals surface area contributed by atoms with Gasteiger partial charge in [-0.1, -0.05) is 0 Å². The van der Waals surface area contributed by atoms with Gasteiger partial charge in [0, 0.05) is 12.3 Å². The molecule has 132 valence electrons. The van der Waals surface area contributed by atoms with Crippen LogP contribution in [0.2, 0.25) is 0 Å². The quantitative estimate of drug-likeness (QED) is 0.771. The number of hydrogen-bond acceptors (Lipinski definition) is 5. The maximum Gasteiger partial charge on any atom is 0.387 e. The summed E-state index contributed by atoms with van der Waals surface area (Å²) in [6, 6.07) is 3.79. The van der Waals surface area contributed by atoms with E-state index in [0.717, 1.165) is 13.5 Å². The molecule has 0 heterocycles. The molecule has 0 radical (unpaired) electrons. The zero-order valence-corrected chi connectivity index (χ0v) is 13.4. The van der Waals surface area contributed by atoms with Crippen LogP contribution in [0.25, 0.3) is 0 Å². The number of carbonyl (C=O) groups is 2. The van der Waals surface area contributed by atoms with Crippen molar-refractivity contribution in [3.05, 3.63) is 23.8 Å². The molecule has 0 bridgehead atoms. The maximum atomic E-state index is 12.4. The van der Waals surface area contributed by atoms with Crippen molar-refractivity contribution < 1.29 is 32.6 Å². The lowest BCUT2D eigenvalue weighted by atomic mass is 9.79. The lowest BCUT2D eigenvalue weighted by Gasteiger charge is -2.39. The summed E-state index contributed by atoms with van der Waals surface area (Å²) >= 11 is 0. The fourth-order valence-corrected chi connectivity index (χ4v) is 2.53. The summed E-state index contributed by atoms with van der Waals surface area (Å²) in [6.07, 6.45) is 2.12. The van der Waals surface area contributed by atoms with Gasteiger partial charge in [0.05, 0.1) is 7.11 Å². The molecule has 0 spiro atoms. The number of ether oxygens (including phenoxy) is 3. The first kappa shape index (κ1) is 18.1. The highest BCUT2D eigenvalue weighted by Crippen LogP contribution is 2.37. The minimum Gasteiger partial charge on any atom is -0.465 e. The molecule has 8 heteroatoms. The minimum absolute atomic E-state index is 0.199. The highest BCUT2D eigenvalue weighted by atomic mass is 19.3. The third-order valence-corrected chi connectivity index (χ3v) is 3.85. The van der Waals surface area contributed by atoms with E-state index in [1.807, 2.05) is 0 Å². The minimum atomic E-state index is -3.08.